The third-order valence-corrected chi connectivity index (χ3v) is 6.64. The zero-order chi connectivity index (χ0) is 38.3. The maximum Gasteiger partial charge on any atom is 0.533 e. The molecule has 4 rings (SSSR count). The highest BCUT2D eigenvalue weighted by Gasteiger charge is 2.34. The van der Waals surface area contributed by atoms with Crippen LogP contribution in [0.4, 0.5) is 9.59 Å². The van der Waals surface area contributed by atoms with Crippen molar-refractivity contribution >= 4 is 118 Å². The van der Waals surface area contributed by atoms with Crippen LogP contribution in [0.3, 0.4) is 0 Å². The third kappa shape index (κ3) is 16.9. The molecule has 4 aliphatic rings. The Morgan fingerprint density at radius 2 is 1.08 bits per heavy atom. The highest BCUT2D eigenvalue weighted by Crippen LogP contribution is 2.18. The first kappa shape index (κ1) is 46.6. The van der Waals surface area contributed by atoms with Crippen LogP contribution in [-0.2, 0) is 74.8 Å². The van der Waals surface area contributed by atoms with E-state index in [4.69, 9.17) is 17.0 Å². The Morgan fingerprint density at radius 3 is 1.37 bits per heavy atom. The molecule has 0 aromatic rings. The number of carbonyl (C=O) groups excluding carboxylic acids is 10. The normalized spacial score (nSPS) is 15.9. The van der Waals surface area contributed by atoms with Gasteiger partial charge < -0.3 is 19.1 Å². The number of nitrogens with one attached hydrogen (secondary N) is 1. The molecule has 7 amide bonds. The van der Waals surface area contributed by atoms with E-state index in [1.54, 1.807) is 6.92 Å². The number of amides is 7. The fraction of sp³-hybridized carbons (Fsp3) is 0.520. The van der Waals surface area contributed by atoms with Gasteiger partial charge in [0.2, 0.25) is 0 Å². The van der Waals surface area contributed by atoms with Gasteiger partial charge in [0.15, 0.2) is 0 Å². The summed E-state index contributed by atoms with van der Waals surface area (Å²) >= 11 is 13.5. The van der Waals surface area contributed by atoms with Crippen LogP contribution >= 0.6 is 36.2 Å². The Bertz CT molecular complexity index is 1190. The minimum Gasteiger partial charge on any atom is -0.452 e. The lowest BCUT2D eigenvalue weighted by molar-refractivity contribution is -0.197. The van der Waals surface area contributed by atoms with Crippen molar-refractivity contribution in [2.24, 2.45) is 0 Å². The van der Waals surface area contributed by atoms with Gasteiger partial charge in [-0.3, -0.25) is 38.5 Å². The maximum absolute atomic E-state index is 10.9. The lowest BCUT2D eigenvalue weighted by Gasteiger charge is -2.11. The lowest BCUT2D eigenvalue weighted by Crippen LogP contribution is -2.31. The van der Waals surface area contributed by atoms with Gasteiger partial charge in [0.1, 0.15) is 4.32 Å². The van der Waals surface area contributed by atoms with Crippen molar-refractivity contribution in [2.75, 3.05) is 26.5 Å². The molecule has 0 spiro atoms. The van der Waals surface area contributed by atoms with Crippen LogP contribution < -0.4 is 0 Å². The van der Waals surface area contributed by atoms with Gasteiger partial charge >= 0.3 is 24.2 Å². The molecule has 0 bridgehead atoms. The van der Waals surface area contributed by atoms with Crippen LogP contribution in [0.15, 0.2) is 0 Å². The summed E-state index contributed by atoms with van der Waals surface area (Å²) in [6.45, 7) is 3.41. The predicted molar refractivity (Wildman–Crippen MR) is 174 cm³/mol. The van der Waals surface area contributed by atoms with Crippen molar-refractivity contribution in [2.45, 2.75) is 58.8 Å². The van der Waals surface area contributed by atoms with Gasteiger partial charge in [-0.05, 0) is 5.87 Å². The average molecular weight is 772 g/mol. The number of nitrogens with zero attached hydrogens (tertiary/aromatic N) is 4. The van der Waals surface area contributed by atoms with E-state index in [-0.39, 0.29) is 51.0 Å². The first-order chi connectivity index (χ1) is 23.2. The first-order valence-corrected chi connectivity index (χ1v) is 15.8. The summed E-state index contributed by atoms with van der Waals surface area (Å²) in [6.07, 6.45) is -0.583. The lowest BCUT2D eigenvalue weighted by atomic mass is 10.4. The number of carbonyl (C=O) groups is 10. The Balaban J connectivity index is 0. The Morgan fingerprint density at radius 1 is 0.714 bits per heavy atom. The molecule has 0 radical (unpaired) electrons. The fourth-order valence-electron chi connectivity index (χ4n) is 3.05. The molecule has 0 aliphatic carbocycles. The number of thiocarbonyl (C=S) groups is 2. The van der Waals surface area contributed by atoms with E-state index in [9.17, 15) is 47.9 Å². The molecular formula is C25H33N5O15S4. The molecule has 0 unspecified atom stereocenters. The van der Waals surface area contributed by atoms with E-state index >= 15 is 0 Å². The Labute approximate surface area is 299 Å². The number of methoxy groups -OCH3 is 2. The van der Waals surface area contributed by atoms with Crippen LogP contribution in [0.1, 0.15) is 58.8 Å². The molecule has 20 nitrogen and oxygen atoms in total. The SMILES string of the molecule is C=S.CC(=O)ON1C(=O)CCC1=O.CCC(=O)ON1C(=O)CCC1=O.COC(=O)N1CCSC1=S.COC(=O)ON1C(=O)CCC1=O.N=S. The number of ether oxygens (including phenoxy) is 2. The minimum atomic E-state index is -1.07. The van der Waals surface area contributed by atoms with Crippen molar-refractivity contribution < 1.29 is 71.9 Å². The highest BCUT2D eigenvalue weighted by atomic mass is 32.2. The number of imide groups is 3. The molecule has 4 heterocycles. The average Bonchev–Trinajstić information content (AvgIpc) is 3.85. The number of hydrogen-bond donors (Lipinski definition) is 1. The topological polar surface area (TPSA) is 254 Å². The van der Waals surface area contributed by atoms with Gasteiger partial charge in [0.25, 0.3) is 35.4 Å². The van der Waals surface area contributed by atoms with E-state index < -0.39 is 53.5 Å². The van der Waals surface area contributed by atoms with Crippen LogP contribution in [0.2, 0.25) is 0 Å². The zero-order valence-electron chi connectivity index (χ0n) is 26.6. The monoisotopic (exact) mass is 771 g/mol. The minimum absolute atomic E-state index is 0.0792. The van der Waals surface area contributed by atoms with Crippen molar-refractivity contribution in [1.29, 1.82) is 4.78 Å². The van der Waals surface area contributed by atoms with Crippen LogP contribution in [0.5, 0.6) is 0 Å². The third-order valence-electron chi connectivity index (χ3n) is 5.21. The zero-order valence-corrected chi connectivity index (χ0v) is 29.9. The summed E-state index contributed by atoms with van der Waals surface area (Å²) < 4.78 is 14.5. The van der Waals surface area contributed by atoms with E-state index in [2.05, 4.69) is 54.5 Å². The Kier molecular flexibility index (Phi) is 24.2. The molecule has 272 valence electrons. The fourth-order valence-corrected chi connectivity index (χ4v) is 4.24. The summed E-state index contributed by atoms with van der Waals surface area (Å²) in [5, 5.41) is 1.49. The van der Waals surface area contributed by atoms with Crippen LogP contribution in [0, 0.1) is 4.78 Å². The molecule has 4 aliphatic heterocycles. The molecule has 0 aromatic heterocycles. The Hall–Kier alpha value is -4.55. The quantitative estimate of drug-likeness (QED) is 0.241. The number of thioether (sulfide) groups is 1. The largest absolute Gasteiger partial charge is 0.533 e. The summed E-state index contributed by atoms with van der Waals surface area (Å²) in [5.41, 5.74) is 0. The van der Waals surface area contributed by atoms with Crippen molar-refractivity contribution in [3.63, 3.8) is 0 Å². The molecule has 0 aromatic carbocycles. The van der Waals surface area contributed by atoms with Crippen LogP contribution in [0.25, 0.3) is 0 Å². The second-order valence-corrected chi connectivity index (χ2v) is 10.2. The van der Waals surface area contributed by atoms with Gasteiger partial charge in [-0.2, -0.15) is 0 Å². The summed E-state index contributed by atoms with van der Waals surface area (Å²) in [7, 11) is 2.45. The van der Waals surface area contributed by atoms with E-state index in [0.717, 1.165) is 19.8 Å². The second-order valence-electron chi connectivity index (χ2n) is 8.43. The molecule has 0 saturated carbocycles. The predicted octanol–water partition coefficient (Wildman–Crippen LogP) is 1.45. The summed E-state index contributed by atoms with van der Waals surface area (Å²) in [6, 6.07) is 0. The standard InChI is InChI=1S/C7H9NO4.C6H7NO5.C6H7NO4.C5H7NO2S2.CH2S.HNS/c1-2-7(11)12-8-5(9)3-4-6(8)10;1-11-6(10)12-7-4(8)2-3-5(7)9;1-4(8)11-7-5(9)2-3-6(7)10;1-8-4(7)6-2-3-10-5(6)9;2*1-2/h2-4H2,1H3;2-3H2,1H3;2-3H2,1H3;2-3H2,1H3;1H2;1H. The van der Waals surface area contributed by atoms with Gasteiger partial charge in [0.05, 0.1) is 14.2 Å². The van der Waals surface area contributed by atoms with Crippen molar-refractivity contribution in [1.82, 2.24) is 20.1 Å². The smallest absolute Gasteiger partial charge is 0.452 e. The highest BCUT2D eigenvalue weighted by molar-refractivity contribution is 8.23. The molecule has 24 heteroatoms. The number of hydrogen-bond acceptors (Lipinski definition) is 20. The molecule has 49 heavy (non-hydrogen) atoms. The molecule has 1 N–H and O–H groups in total. The first-order valence-electron chi connectivity index (χ1n) is 13.4. The van der Waals surface area contributed by atoms with E-state index in [0.29, 0.717) is 26.1 Å². The van der Waals surface area contributed by atoms with E-state index in [1.165, 1.54) is 23.8 Å². The van der Waals surface area contributed by atoms with Crippen molar-refractivity contribution in [3.8, 4) is 0 Å². The molecule has 4 fully saturated rings. The van der Waals surface area contributed by atoms with Gasteiger partial charge in [-0.25, -0.2) is 24.0 Å². The van der Waals surface area contributed by atoms with Gasteiger partial charge in [-0.1, -0.05) is 48.2 Å². The summed E-state index contributed by atoms with van der Waals surface area (Å²) in [5.74, 6) is -0.351. The number of hydroxylamine groups is 6. The van der Waals surface area contributed by atoms with Gasteiger partial charge in [-0.15, -0.1) is 10.1 Å². The maximum atomic E-state index is 10.9. The second kappa shape index (κ2) is 25.5. The molecule has 4 saturated heterocycles. The molecule has 0 atom stereocenters. The molecular weight excluding hydrogens is 739 g/mol. The van der Waals surface area contributed by atoms with E-state index in [1.807, 2.05) is 0 Å². The summed E-state index contributed by atoms with van der Waals surface area (Å²) in [4.78, 5) is 122. The van der Waals surface area contributed by atoms with Crippen LogP contribution in [-0.4, -0.2) is 116 Å². The number of rotatable bonds is 4. The van der Waals surface area contributed by atoms with Gasteiger partial charge in [0, 0.05) is 76.6 Å². The van der Waals surface area contributed by atoms with Crippen molar-refractivity contribution in [3.05, 3.63) is 0 Å².